The van der Waals surface area contributed by atoms with Crippen molar-refractivity contribution >= 4 is 22.6 Å². The minimum atomic E-state index is -0.0916. The standard InChI is InChI=1S/C26H28N2O2/c1-18(24-12-6-8-21-7-3-4-11-25(21)24)27-26(30)23-10-5-9-22(17-23)20-13-15-28(16-14-20)19(2)29/h3-12,17-18,20H,13-16H2,1-2H3,(H,27,30)/t18-/m1/s1. The number of carbonyl (C=O) groups is 2. The third kappa shape index (κ3) is 4.23. The predicted molar refractivity (Wildman–Crippen MR) is 121 cm³/mol. The van der Waals surface area contributed by atoms with Crippen molar-refractivity contribution in [2.24, 2.45) is 0 Å². The molecule has 1 aliphatic heterocycles. The maximum Gasteiger partial charge on any atom is 0.251 e. The molecule has 1 atom stereocenters. The molecule has 1 aliphatic rings. The van der Waals surface area contributed by atoms with Crippen LogP contribution in [0, 0.1) is 0 Å². The van der Waals surface area contributed by atoms with Crippen molar-refractivity contribution in [3.63, 3.8) is 0 Å². The van der Waals surface area contributed by atoms with Crippen molar-refractivity contribution in [3.8, 4) is 0 Å². The molecular weight excluding hydrogens is 372 g/mol. The molecule has 154 valence electrons. The Morgan fingerprint density at radius 1 is 0.967 bits per heavy atom. The quantitative estimate of drug-likeness (QED) is 0.666. The number of nitrogens with one attached hydrogen (secondary N) is 1. The van der Waals surface area contributed by atoms with Gasteiger partial charge in [0.2, 0.25) is 5.91 Å². The Hall–Kier alpha value is -3.14. The largest absolute Gasteiger partial charge is 0.345 e. The first-order valence-electron chi connectivity index (χ1n) is 10.7. The van der Waals surface area contributed by atoms with Gasteiger partial charge >= 0.3 is 0 Å². The highest BCUT2D eigenvalue weighted by molar-refractivity contribution is 5.95. The van der Waals surface area contributed by atoms with E-state index in [9.17, 15) is 9.59 Å². The summed E-state index contributed by atoms with van der Waals surface area (Å²) in [6.07, 6.45) is 1.88. The second-order valence-electron chi connectivity index (χ2n) is 8.17. The first kappa shape index (κ1) is 20.1. The van der Waals surface area contributed by atoms with Gasteiger partial charge in [-0.25, -0.2) is 0 Å². The Balaban J connectivity index is 1.47. The van der Waals surface area contributed by atoms with Crippen LogP contribution in [0.5, 0.6) is 0 Å². The summed E-state index contributed by atoms with van der Waals surface area (Å²) in [6.45, 7) is 5.23. The van der Waals surface area contributed by atoms with E-state index in [2.05, 4.69) is 35.6 Å². The summed E-state index contributed by atoms with van der Waals surface area (Å²) < 4.78 is 0. The van der Waals surface area contributed by atoms with Gasteiger partial charge in [0.25, 0.3) is 5.91 Å². The van der Waals surface area contributed by atoms with Gasteiger partial charge in [-0.2, -0.15) is 0 Å². The minimum absolute atomic E-state index is 0.0570. The first-order chi connectivity index (χ1) is 14.5. The molecule has 0 radical (unpaired) electrons. The van der Waals surface area contributed by atoms with Crippen molar-refractivity contribution in [1.82, 2.24) is 10.2 Å². The number of likely N-dealkylation sites (tertiary alicyclic amines) is 1. The summed E-state index contributed by atoms with van der Waals surface area (Å²) in [5.74, 6) is 0.478. The van der Waals surface area contributed by atoms with Crippen LogP contribution in [-0.2, 0) is 4.79 Å². The van der Waals surface area contributed by atoms with Gasteiger partial charge in [0.15, 0.2) is 0 Å². The van der Waals surface area contributed by atoms with Crippen LogP contribution < -0.4 is 5.32 Å². The number of piperidine rings is 1. The number of nitrogens with zero attached hydrogens (tertiary/aromatic N) is 1. The van der Waals surface area contributed by atoms with Crippen LogP contribution in [0.3, 0.4) is 0 Å². The number of amides is 2. The molecule has 0 unspecified atom stereocenters. The molecule has 0 aliphatic carbocycles. The summed E-state index contributed by atoms with van der Waals surface area (Å²) in [4.78, 5) is 26.4. The maximum atomic E-state index is 13.0. The number of rotatable bonds is 4. The lowest BCUT2D eigenvalue weighted by Gasteiger charge is -2.31. The normalized spacial score (nSPS) is 15.7. The average Bonchev–Trinajstić information content (AvgIpc) is 2.78. The number of carbonyl (C=O) groups excluding carboxylic acids is 2. The Morgan fingerprint density at radius 2 is 1.67 bits per heavy atom. The Labute approximate surface area is 177 Å². The van der Waals surface area contributed by atoms with Crippen LogP contribution in [0.1, 0.15) is 60.1 Å². The van der Waals surface area contributed by atoms with Gasteiger partial charge < -0.3 is 10.2 Å². The van der Waals surface area contributed by atoms with Gasteiger partial charge in [-0.05, 0) is 59.7 Å². The van der Waals surface area contributed by atoms with E-state index in [0.717, 1.165) is 31.5 Å². The highest BCUT2D eigenvalue weighted by Gasteiger charge is 2.23. The van der Waals surface area contributed by atoms with Gasteiger partial charge in [0.1, 0.15) is 0 Å². The lowest BCUT2D eigenvalue weighted by molar-refractivity contribution is -0.129. The summed E-state index contributed by atoms with van der Waals surface area (Å²) >= 11 is 0. The molecule has 0 aromatic heterocycles. The zero-order chi connectivity index (χ0) is 21.1. The Bertz CT molecular complexity index is 1060. The number of hydrogen-bond acceptors (Lipinski definition) is 2. The van der Waals surface area contributed by atoms with Crippen molar-refractivity contribution in [3.05, 3.63) is 83.4 Å². The molecule has 1 fully saturated rings. The molecule has 0 bridgehead atoms. The average molecular weight is 401 g/mol. The molecule has 4 nitrogen and oxygen atoms in total. The van der Waals surface area contributed by atoms with E-state index < -0.39 is 0 Å². The van der Waals surface area contributed by atoms with Gasteiger partial charge in [-0.3, -0.25) is 9.59 Å². The fourth-order valence-electron chi connectivity index (χ4n) is 4.45. The fraction of sp³-hybridized carbons (Fsp3) is 0.308. The highest BCUT2D eigenvalue weighted by Crippen LogP contribution is 2.29. The molecule has 0 saturated carbocycles. The molecule has 4 heteroatoms. The van der Waals surface area contributed by atoms with Crippen molar-refractivity contribution in [2.45, 2.75) is 38.6 Å². The molecule has 1 N–H and O–H groups in total. The predicted octanol–water partition coefficient (Wildman–Crippen LogP) is 5.06. The van der Waals surface area contributed by atoms with Crippen molar-refractivity contribution in [2.75, 3.05) is 13.1 Å². The zero-order valence-electron chi connectivity index (χ0n) is 17.6. The van der Waals surface area contributed by atoms with E-state index in [-0.39, 0.29) is 17.9 Å². The summed E-state index contributed by atoms with van der Waals surface area (Å²) in [5.41, 5.74) is 2.99. The van der Waals surface area contributed by atoms with E-state index in [4.69, 9.17) is 0 Å². The van der Waals surface area contributed by atoms with E-state index in [1.54, 1.807) is 6.92 Å². The molecule has 3 aromatic carbocycles. The molecule has 1 heterocycles. The number of fused-ring (bicyclic) bond motifs is 1. The van der Waals surface area contributed by atoms with Crippen LogP contribution in [0.25, 0.3) is 10.8 Å². The van der Waals surface area contributed by atoms with Crippen LogP contribution in [0.15, 0.2) is 66.7 Å². The molecule has 0 spiro atoms. The minimum Gasteiger partial charge on any atom is -0.345 e. The van der Waals surface area contributed by atoms with Gasteiger partial charge in [0, 0.05) is 25.6 Å². The number of hydrogen-bond donors (Lipinski definition) is 1. The third-order valence-corrected chi connectivity index (χ3v) is 6.20. The molecular formula is C26H28N2O2. The van der Waals surface area contributed by atoms with Crippen LogP contribution in [-0.4, -0.2) is 29.8 Å². The topological polar surface area (TPSA) is 49.4 Å². The number of benzene rings is 3. The summed E-state index contributed by atoms with van der Waals surface area (Å²) in [7, 11) is 0. The fourth-order valence-corrected chi connectivity index (χ4v) is 4.45. The SMILES string of the molecule is CC(=O)N1CCC(c2cccc(C(=O)N[C@H](C)c3cccc4ccccc34)c2)CC1. The molecule has 2 amide bonds. The van der Waals surface area contributed by atoms with E-state index in [1.807, 2.05) is 48.2 Å². The van der Waals surface area contributed by atoms with E-state index in [1.165, 1.54) is 16.3 Å². The lowest BCUT2D eigenvalue weighted by Crippen LogP contribution is -2.36. The van der Waals surface area contributed by atoms with E-state index >= 15 is 0 Å². The van der Waals surface area contributed by atoms with Crippen molar-refractivity contribution < 1.29 is 9.59 Å². The third-order valence-electron chi connectivity index (χ3n) is 6.20. The summed E-state index contributed by atoms with van der Waals surface area (Å²) in [6, 6.07) is 22.3. The second-order valence-corrected chi connectivity index (χ2v) is 8.17. The van der Waals surface area contributed by atoms with E-state index in [0.29, 0.717) is 11.5 Å². The van der Waals surface area contributed by atoms with Crippen LogP contribution >= 0.6 is 0 Å². The summed E-state index contributed by atoms with van der Waals surface area (Å²) in [5, 5.41) is 5.51. The molecule has 1 saturated heterocycles. The van der Waals surface area contributed by atoms with Gasteiger partial charge in [-0.15, -0.1) is 0 Å². The molecule has 4 rings (SSSR count). The first-order valence-corrected chi connectivity index (χ1v) is 10.7. The van der Waals surface area contributed by atoms with Gasteiger partial charge in [-0.1, -0.05) is 54.6 Å². The van der Waals surface area contributed by atoms with Gasteiger partial charge in [0.05, 0.1) is 6.04 Å². The smallest absolute Gasteiger partial charge is 0.251 e. The maximum absolute atomic E-state index is 13.0. The van der Waals surface area contributed by atoms with Crippen molar-refractivity contribution in [1.29, 1.82) is 0 Å². The highest BCUT2D eigenvalue weighted by atomic mass is 16.2. The molecule has 30 heavy (non-hydrogen) atoms. The zero-order valence-corrected chi connectivity index (χ0v) is 17.6. The monoisotopic (exact) mass is 400 g/mol. The van der Waals surface area contributed by atoms with Crippen LogP contribution in [0.4, 0.5) is 0 Å². The second kappa shape index (κ2) is 8.70. The Morgan fingerprint density at radius 3 is 2.43 bits per heavy atom. The van der Waals surface area contributed by atoms with Crippen LogP contribution in [0.2, 0.25) is 0 Å². The Kier molecular flexibility index (Phi) is 5.84. The lowest BCUT2D eigenvalue weighted by atomic mass is 9.88. The molecule has 3 aromatic rings.